The van der Waals surface area contributed by atoms with Gasteiger partial charge in [-0.2, -0.15) is 10.1 Å². The molecule has 216 valence electrons. The van der Waals surface area contributed by atoms with Gasteiger partial charge in [0.2, 0.25) is 0 Å². The summed E-state index contributed by atoms with van der Waals surface area (Å²) in [6, 6.07) is 5.21. The van der Waals surface area contributed by atoms with Gasteiger partial charge in [0, 0.05) is 30.0 Å². The lowest BCUT2D eigenvalue weighted by atomic mass is 10.1. The third-order valence-corrected chi connectivity index (χ3v) is 6.34. The van der Waals surface area contributed by atoms with E-state index in [0.29, 0.717) is 41.5 Å². The number of nitrogens with zero attached hydrogens (tertiary/aromatic N) is 3. The number of carbonyl (C=O) groups is 1. The van der Waals surface area contributed by atoms with E-state index in [1.54, 1.807) is 43.7 Å². The molecule has 1 aromatic heterocycles. The van der Waals surface area contributed by atoms with E-state index in [2.05, 4.69) is 22.0 Å². The number of carbonyl (C=O) groups excluding carboxylic acids is 1. The summed E-state index contributed by atoms with van der Waals surface area (Å²) in [5.74, 6) is 0.734. The largest absolute Gasteiger partial charge is 0.493 e. The van der Waals surface area contributed by atoms with Gasteiger partial charge in [-0.25, -0.2) is 9.40 Å². The van der Waals surface area contributed by atoms with E-state index in [0.717, 1.165) is 23.1 Å². The Balaban J connectivity index is 1.81. The van der Waals surface area contributed by atoms with Gasteiger partial charge in [-0.15, -0.1) is 0 Å². The van der Waals surface area contributed by atoms with Gasteiger partial charge in [0.15, 0.2) is 17.2 Å². The SMILES string of the molecule is C=CN(/N=C(\COCC)C(=O)Nc1csc(O/C(=C/C=N)c2ccc(OC)c(OC)c2)n1)C1=C(C)CC=C(F)C=C1. The Morgan fingerprint density at radius 1 is 1.29 bits per heavy atom. The molecule has 0 saturated carbocycles. The van der Waals surface area contributed by atoms with Crippen molar-refractivity contribution in [3.8, 4) is 16.7 Å². The fraction of sp³-hybridized carbons (Fsp3) is 0.241. The molecule has 0 spiro atoms. The van der Waals surface area contributed by atoms with Crippen LogP contribution in [0.5, 0.6) is 16.7 Å². The Labute approximate surface area is 242 Å². The molecule has 12 heteroatoms. The van der Waals surface area contributed by atoms with Gasteiger partial charge in [0.25, 0.3) is 11.1 Å². The Hall–Kier alpha value is -4.55. The normalized spacial score (nSPS) is 13.7. The van der Waals surface area contributed by atoms with Crippen molar-refractivity contribution >= 4 is 40.7 Å². The molecule has 2 aromatic rings. The second-order valence-corrected chi connectivity index (χ2v) is 9.15. The van der Waals surface area contributed by atoms with E-state index in [1.165, 1.54) is 36.5 Å². The number of benzene rings is 1. The van der Waals surface area contributed by atoms with Gasteiger partial charge in [0.05, 0.1) is 26.5 Å². The molecule has 3 rings (SSSR count). The predicted molar refractivity (Wildman–Crippen MR) is 159 cm³/mol. The molecule has 0 atom stereocenters. The lowest BCUT2D eigenvalue weighted by molar-refractivity contribution is -0.110. The van der Waals surface area contributed by atoms with Crippen molar-refractivity contribution in [1.82, 2.24) is 9.99 Å². The van der Waals surface area contributed by atoms with Gasteiger partial charge in [-0.1, -0.05) is 17.9 Å². The van der Waals surface area contributed by atoms with Crippen molar-refractivity contribution in [3.63, 3.8) is 0 Å². The molecule has 1 aliphatic carbocycles. The number of hydrogen-bond donors (Lipinski definition) is 2. The van der Waals surface area contributed by atoms with E-state index >= 15 is 0 Å². The average Bonchev–Trinajstić information content (AvgIpc) is 3.35. The number of ether oxygens (including phenoxy) is 4. The van der Waals surface area contributed by atoms with E-state index in [4.69, 9.17) is 24.4 Å². The number of methoxy groups -OCH3 is 2. The van der Waals surface area contributed by atoms with Crippen molar-refractivity contribution in [3.05, 3.63) is 83.3 Å². The molecule has 0 bridgehead atoms. The van der Waals surface area contributed by atoms with Crippen molar-refractivity contribution in [2.75, 3.05) is 32.8 Å². The van der Waals surface area contributed by atoms with Gasteiger partial charge in [0.1, 0.15) is 17.4 Å². The summed E-state index contributed by atoms with van der Waals surface area (Å²) in [6.07, 6.45) is 8.77. The van der Waals surface area contributed by atoms with E-state index in [-0.39, 0.29) is 29.2 Å². The molecule has 0 saturated heterocycles. The molecule has 0 radical (unpaired) electrons. The maximum Gasteiger partial charge on any atom is 0.280 e. The number of allylic oxidation sites excluding steroid dienone is 6. The molecule has 0 fully saturated rings. The second kappa shape index (κ2) is 15.3. The molecule has 1 aromatic carbocycles. The predicted octanol–water partition coefficient (Wildman–Crippen LogP) is 6.09. The Morgan fingerprint density at radius 3 is 2.76 bits per heavy atom. The number of aromatic nitrogens is 1. The fourth-order valence-corrected chi connectivity index (χ4v) is 4.17. The maximum absolute atomic E-state index is 13.8. The zero-order valence-electron chi connectivity index (χ0n) is 23.3. The van der Waals surface area contributed by atoms with Crippen molar-refractivity contribution in [2.45, 2.75) is 20.3 Å². The van der Waals surface area contributed by atoms with E-state index in [9.17, 15) is 9.18 Å². The molecule has 1 amide bonds. The molecule has 2 N–H and O–H groups in total. The number of hydrazone groups is 1. The van der Waals surface area contributed by atoms with Gasteiger partial charge >= 0.3 is 0 Å². The first-order valence-electron chi connectivity index (χ1n) is 12.5. The zero-order chi connectivity index (χ0) is 29.8. The molecule has 0 aliphatic heterocycles. The van der Waals surface area contributed by atoms with E-state index < -0.39 is 5.91 Å². The van der Waals surface area contributed by atoms with Gasteiger partial charge < -0.3 is 29.7 Å². The molecule has 1 heterocycles. The Kier molecular flexibility index (Phi) is 11.6. The molecule has 41 heavy (non-hydrogen) atoms. The van der Waals surface area contributed by atoms with Crippen molar-refractivity contribution < 1.29 is 28.1 Å². The van der Waals surface area contributed by atoms with Gasteiger partial charge in [-0.05, 0) is 68.3 Å². The first-order valence-corrected chi connectivity index (χ1v) is 13.4. The summed E-state index contributed by atoms with van der Waals surface area (Å²) in [5.41, 5.74) is 2.13. The third kappa shape index (κ3) is 8.47. The van der Waals surface area contributed by atoms with Crippen LogP contribution in [-0.4, -0.2) is 55.3 Å². The highest BCUT2D eigenvalue weighted by molar-refractivity contribution is 7.11. The standard InChI is InChI=1S/C29H32FN5O5S/c1-6-35(23-12-11-21(30)10-8-19(23)3)34-22(17-39-7-2)28(36)32-27-18-41-29(33-27)40-24(14-15-31)20-9-13-25(37-4)26(16-20)38-5/h6,9-16,18,31H,1,7-8,17H2,2-5H3,(H,32,36)/b24-14+,31-15?,34-22+. The van der Waals surface area contributed by atoms with Crippen LogP contribution in [0.4, 0.5) is 10.2 Å². The molecular formula is C29H32FN5O5S. The van der Waals surface area contributed by atoms with Crippen LogP contribution in [0.1, 0.15) is 25.8 Å². The minimum absolute atomic E-state index is 0.0586. The summed E-state index contributed by atoms with van der Waals surface area (Å²) in [7, 11) is 3.07. The fourth-order valence-electron chi connectivity index (χ4n) is 3.56. The first kappa shape index (κ1) is 31.0. The van der Waals surface area contributed by atoms with Crippen molar-refractivity contribution in [1.29, 1.82) is 5.41 Å². The highest BCUT2D eigenvalue weighted by Gasteiger charge is 2.19. The number of hydrogen-bond acceptors (Lipinski definition) is 10. The molecule has 0 unspecified atom stereocenters. The topological polar surface area (TPSA) is 118 Å². The highest BCUT2D eigenvalue weighted by atomic mass is 32.1. The van der Waals surface area contributed by atoms with Crippen LogP contribution < -0.4 is 19.5 Å². The summed E-state index contributed by atoms with van der Waals surface area (Å²) in [4.78, 5) is 17.6. The summed E-state index contributed by atoms with van der Waals surface area (Å²) in [5, 5.41) is 18.0. The van der Waals surface area contributed by atoms with Crippen LogP contribution in [0.3, 0.4) is 0 Å². The monoisotopic (exact) mass is 581 g/mol. The number of halogens is 1. The van der Waals surface area contributed by atoms with E-state index in [1.807, 2.05) is 6.92 Å². The minimum atomic E-state index is -0.544. The van der Waals surface area contributed by atoms with Gasteiger partial charge in [-0.3, -0.25) is 4.79 Å². The number of thiazole rings is 1. The lowest BCUT2D eigenvalue weighted by Gasteiger charge is -2.19. The van der Waals surface area contributed by atoms with Crippen LogP contribution in [0, 0.1) is 5.41 Å². The highest BCUT2D eigenvalue weighted by Crippen LogP contribution is 2.32. The smallest absolute Gasteiger partial charge is 0.280 e. The van der Waals surface area contributed by atoms with Crippen molar-refractivity contribution in [2.24, 2.45) is 5.10 Å². The summed E-state index contributed by atoms with van der Waals surface area (Å²) < 4.78 is 35.8. The quantitative estimate of drug-likeness (QED) is 0.157. The number of rotatable bonds is 14. The molecule has 1 aliphatic rings. The zero-order valence-corrected chi connectivity index (χ0v) is 24.1. The molecule has 10 nitrogen and oxygen atoms in total. The Morgan fingerprint density at radius 2 is 2.07 bits per heavy atom. The Bertz CT molecular complexity index is 1430. The lowest BCUT2D eigenvalue weighted by Crippen LogP contribution is -2.29. The maximum atomic E-state index is 13.8. The average molecular weight is 582 g/mol. The summed E-state index contributed by atoms with van der Waals surface area (Å²) in [6.45, 7) is 7.74. The van der Waals surface area contributed by atoms with Crippen LogP contribution in [0.2, 0.25) is 0 Å². The number of anilines is 1. The summed E-state index contributed by atoms with van der Waals surface area (Å²) >= 11 is 1.16. The van der Waals surface area contributed by atoms with Crippen LogP contribution >= 0.6 is 11.3 Å². The van der Waals surface area contributed by atoms with Crippen LogP contribution in [-0.2, 0) is 9.53 Å². The van der Waals surface area contributed by atoms with Crippen LogP contribution in [0.15, 0.2) is 82.9 Å². The number of amides is 1. The van der Waals surface area contributed by atoms with Crippen LogP contribution in [0.25, 0.3) is 5.76 Å². The third-order valence-electron chi connectivity index (χ3n) is 5.62. The first-order chi connectivity index (χ1) is 19.8. The molecular weight excluding hydrogens is 549 g/mol. The second-order valence-electron chi connectivity index (χ2n) is 8.33. The number of nitrogens with one attached hydrogen (secondary N) is 2. The minimum Gasteiger partial charge on any atom is -0.493 e.